The fourth-order valence-electron chi connectivity index (χ4n) is 3.44. The summed E-state index contributed by atoms with van der Waals surface area (Å²) in [6, 6.07) is 15.1. The molecule has 1 aliphatic heterocycles. The van der Waals surface area contributed by atoms with Crippen molar-refractivity contribution in [2.45, 2.75) is 28.9 Å². The summed E-state index contributed by atoms with van der Waals surface area (Å²) < 4.78 is 56.0. The molecule has 0 bridgehead atoms. The van der Waals surface area contributed by atoms with Crippen LogP contribution in [0.3, 0.4) is 0 Å². The number of fused-ring (bicyclic) bond motifs is 1. The molecule has 0 amide bonds. The summed E-state index contributed by atoms with van der Waals surface area (Å²) in [4.78, 5) is 0.195. The Morgan fingerprint density at radius 2 is 1.79 bits per heavy atom. The highest BCUT2D eigenvalue weighted by Crippen LogP contribution is 2.35. The first-order chi connectivity index (χ1) is 13.8. The number of hydrogen-bond acceptors (Lipinski definition) is 5. The Balaban J connectivity index is 1.72. The molecule has 3 aromatic rings. The van der Waals surface area contributed by atoms with Gasteiger partial charge in [0.2, 0.25) is 0 Å². The normalized spacial score (nSPS) is 14.4. The highest BCUT2D eigenvalue weighted by molar-refractivity contribution is 7.94. The molecule has 0 fully saturated rings. The van der Waals surface area contributed by atoms with Gasteiger partial charge >= 0.3 is 0 Å². The number of anilines is 2. The molecule has 2 aromatic carbocycles. The third kappa shape index (κ3) is 3.77. The second kappa shape index (κ2) is 7.47. The molecular weight excluding hydrogens is 428 g/mol. The summed E-state index contributed by atoms with van der Waals surface area (Å²) in [5.74, 6) is 0. The number of sulfonamides is 2. The van der Waals surface area contributed by atoms with Crippen molar-refractivity contribution >= 4 is 42.8 Å². The third-order valence-corrected chi connectivity index (χ3v) is 9.56. The molecule has 1 N–H and O–H groups in total. The molecule has 0 radical (unpaired) electrons. The highest BCUT2D eigenvalue weighted by Gasteiger charge is 2.30. The maximum Gasteiger partial charge on any atom is 0.273 e. The van der Waals surface area contributed by atoms with Crippen molar-refractivity contribution in [3.8, 4) is 0 Å². The topological polar surface area (TPSA) is 83.6 Å². The molecule has 6 nitrogen and oxygen atoms in total. The molecule has 1 aliphatic rings. The first kappa shape index (κ1) is 19.9. The zero-order valence-corrected chi connectivity index (χ0v) is 18.1. The Kier molecular flexibility index (Phi) is 5.14. The number of thiophene rings is 1. The molecule has 0 saturated carbocycles. The van der Waals surface area contributed by atoms with Crippen LogP contribution in [0.1, 0.15) is 17.5 Å². The molecular formula is C20H20N2O4S3. The summed E-state index contributed by atoms with van der Waals surface area (Å²) in [5.41, 5.74) is 2.38. The van der Waals surface area contributed by atoms with Crippen molar-refractivity contribution in [1.82, 2.24) is 0 Å². The summed E-state index contributed by atoms with van der Waals surface area (Å²) in [7, 11) is -7.46. The van der Waals surface area contributed by atoms with Gasteiger partial charge in [0.25, 0.3) is 20.0 Å². The van der Waals surface area contributed by atoms with Crippen molar-refractivity contribution in [1.29, 1.82) is 0 Å². The van der Waals surface area contributed by atoms with Gasteiger partial charge in [0.15, 0.2) is 0 Å². The summed E-state index contributed by atoms with van der Waals surface area (Å²) in [6.07, 6.45) is 1.46. The maximum absolute atomic E-state index is 13.1. The molecule has 152 valence electrons. The van der Waals surface area contributed by atoms with Gasteiger partial charge in [0, 0.05) is 6.54 Å². The lowest BCUT2D eigenvalue weighted by Crippen LogP contribution is -2.35. The molecule has 1 aromatic heterocycles. The lowest BCUT2D eigenvalue weighted by atomic mass is 10.0. The van der Waals surface area contributed by atoms with E-state index in [9.17, 15) is 16.8 Å². The average Bonchev–Trinajstić information content (AvgIpc) is 3.23. The lowest BCUT2D eigenvalue weighted by molar-refractivity contribution is 0.588. The first-order valence-corrected chi connectivity index (χ1v) is 12.9. The maximum atomic E-state index is 13.1. The molecule has 0 spiro atoms. The molecule has 0 unspecified atom stereocenters. The Bertz CT molecular complexity index is 1250. The second-order valence-electron chi connectivity index (χ2n) is 6.83. The van der Waals surface area contributed by atoms with Gasteiger partial charge in [-0.05, 0) is 60.5 Å². The van der Waals surface area contributed by atoms with Gasteiger partial charge in [-0.25, -0.2) is 16.8 Å². The van der Waals surface area contributed by atoms with Crippen molar-refractivity contribution in [3.63, 3.8) is 0 Å². The predicted molar refractivity (Wildman–Crippen MR) is 116 cm³/mol. The molecule has 29 heavy (non-hydrogen) atoms. The van der Waals surface area contributed by atoms with E-state index in [4.69, 9.17) is 0 Å². The fraction of sp³-hybridized carbons (Fsp3) is 0.200. The fourth-order valence-corrected chi connectivity index (χ4v) is 7.38. The average molecular weight is 449 g/mol. The van der Waals surface area contributed by atoms with Crippen LogP contribution >= 0.6 is 11.3 Å². The number of nitrogens with one attached hydrogen (secondary N) is 1. The van der Waals surface area contributed by atoms with E-state index in [1.54, 1.807) is 66.9 Å². The minimum atomic E-state index is -3.78. The van der Waals surface area contributed by atoms with E-state index in [-0.39, 0.29) is 9.10 Å². The van der Waals surface area contributed by atoms with E-state index in [2.05, 4.69) is 4.72 Å². The quantitative estimate of drug-likeness (QED) is 0.639. The molecule has 2 heterocycles. The first-order valence-electron chi connectivity index (χ1n) is 9.07. The largest absolute Gasteiger partial charge is 0.280 e. The lowest BCUT2D eigenvalue weighted by Gasteiger charge is -2.30. The minimum absolute atomic E-state index is 0.195. The predicted octanol–water partition coefficient (Wildman–Crippen LogP) is 4.00. The minimum Gasteiger partial charge on any atom is -0.280 e. The Morgan fingerprint density at radius 3 is 2.52 bits per heavy atom. The van der Waals surface area contributed by atoms with Crippen molar-refractivity contribution in [2.24, 2.45) is 0 Å². The molecule has 9 heteroatoms. The van der Waals surface area contributed by atoms with Gasteiger partial charge < -0.3 is 0 Å². The van der Waals surface area contributed by atoms with E-state index in [0.29, 0.717) is 29.9 Å². The zero-order chi connectivity index (χ0) is 20.6. The van der Waals surface area contributed by atoms with E-state index in [1.165, 1.54) is 15.6 Å². The van der Waals surface area contributed by atoms with E-state index >= 15 is 0 Å². The van der Waals surface area contributed by atoms with Gasteiger partial charge in [-0.3, -0.25) is 9.03 Å². The second-order valence-corrected chi connectivity index (χ2v) is 11.5. The Hall–Kier alpha value is -2.36. The van der Waals surface area contributed by atoms with Gasteiger partial charge in [-0.15, -0.1) is 11.3 Å². The van der Waals surface area contributed by atoms with E-state index in [0.717, 1.165) is 12.0 Å². The van der Waals surface area contributed by atoms with Gasteiger partial charge in [-0.1, -0.05) is 30.3 Å². The van der Waals surface area contributed by atoms with Crippen LogP contribution in [0.4, 0.5) is 11.4 Å². The van der Waals surface area contributed by atoms with E-state index in [1.807, 2.05) is 0 Å². The third-order valence-electron chi connectivity index (χ3n) is 4.84. The number of rotatable bonds is 5. The van der Waals surface area contributed by atoms with Crippen LogP contribution in [0.5, 0.6) is 0 Å². The van der Waals surface area contributed by atoms with Gasteiger partial charge in [0.05, 0.1) is 16.3 Å². The SMILES string of the molecule is Cc1ccccc1S(=O)(=O)Nc1ccc2c(c1)N(S(=O)(=O)c1cccs1)CCC2. The van der Waals surface area contributed by atoms with Crippen molar-refractivity contribution in [3.05, 3.63) is 71.1 Å². The molecule has 0 atom stereocenters. The Morgan fingerprint density at radius 1 is 1.00 bits per heavy atom. The molecule has 0 saturated heterocycles. The Labute approximate surface area is 174 Å². The summed E-state index contributed by atoms with van der Waals surface area (Å²) >= 11 is 1.17. The zero-order valence-electron chi connectivity index (χ0n) is 15.7. The van der Waals surface area contributed by atoms with Crippen LogP contribution in [0.15, 0.2) is 69.1 Å². The van der Waals surface area contributed by atoms with Crippen LogP contribution in [-0.4, -0.2) is 23.4 Å². The molecule has 4 rings (SSSR count). The summed E-state index contributed by atoms with van der Waals surface area (Å²) in [6.45, 7) is 2.10. The standard InChI is InChI=1S/C20H20N2O4S3/c1-15-6-2-3-8-19(15)28(23,24)21-17-11-10-16-7-4-12-22(18(16)14-17)29(25,26)20-9-5-13-27-20/h2-3,5-6,8-11,13-14,21H,4,7,12H2,1H3. The van der Waals surface area contributed by atoms with Crippen LogP contribution < -0.4 is 9.03 Å². The van der Waals surface area contributed by atoms with Crippen LogP contribution in [0, 0.1) is 6.92 Å². The van der Waals surface area contributed by atoms with Crippen molar-refractivity contribution < 1.29 is 16.8 Å². The monoisotopic (exact) mass is 448 g/mol. The number of benzene rings is 2. The van der Waals surface area contributed by atoms with Crippen molar-refractivity contribution in [2.75, 3.05) is 15.6 Å². The number of hydrogen-bond donors (Lipinski definition) is 1. The number of aryl methyl sites for hydroxylation is 2. The van der Waals surface area contributed by atoms with Crippen LogP contribution in [-0.2, 0) is 26.5 Å². The van der Waals surface area contributed by atoms with Crippen LogP contribution in [0.25, 0.3) is 0 Å². The van der Waals surface area contributed by atoms with Crippen LogP contribution in [0.2, 0.25) is 0 Å². The summed E-state index contributed by atoms with van der Waals surface area (Å²) in [5, 5.41) is 1.73. The van der Waals surface area contributed by atoms with E-state index < -0.39 is 20.0 Å². The van der Waals surface area contributed by atoms with Gasteiger partial charge in [-0.2, -0.15) is 0 Å². The number of nitrogens with zero attached hydrogens (tertiary/aromatic N) is 1. The smallest absolute Gasteiger partial charge is 0.273 e. The molecule has 0 aliphatic carbocycles. The highest BCUT2D eigenvalue weighted by atomic mass is 32.2. The van der Waals surface area contributed by atoms with Gasteiger partial charge in [0.1, 0.15) is 4.21 Å².